The maximum atomic E-state index is 11.7. The third kappa shape index (κ3) is 4.06. The minimum absolute atomic E-state index is 0.131. The maximum absolute atomic E-state index is 11.7. The van der Waals surface area contributed by atoms with Gasteiger partial charge in [-0.1, -0.05) is 44.2 Å². The Labute approximate surface area is 112 Å². The molecule has 0 spiro atoms. The molecule has 1 aromatic rings. The average molecular weight is 265 g/mol. The van der Waals surface area contributed by atoms with Crippen molar-refractivity contribution in [2.75, 3.05) is 0 Å². The first-order chi connectivity index (χ1) is 8.86. The highest BCUT2D eigenvalue weighted by atomic mass is 16.4. The number of amides is 1. The number of hydrogen-bond acceptors (Lipinski definition) is 3. The lowest BCUT2D eigenvalue weighted by Gasteiger charge is -2.28. The van der Waals surface area contributed by atoms with Crippen molar-refractivity contribution in [3.8, 4) is 0 Å². The molecule has 1 amide bonds. The van der Waals surface area contributed by atoms with Crippen LogP contribution in [0.3, 0.4) is 0 Å². The zero-order chi connectivity index (χ0) is 14.5. The maximum Gasteiger partial charge on any atom is 0.357 e. The summed E-state index contributed by atoms with van der Waals surface area (Å²) in [6.45, 7) is 3.07. The van der Waals surface area contributed by atoms with Gasteiger partial charge < -0.3 is 15.5 Å². The fourth-order valence-electron chi connectivity index (χ4n) is 1.62. The summed E-state index contributed by atoms with van der Waals surface area (Å²) in [7, 11) is 0. The van der Waals surface area contributed by atoms with Crippen LogP contribution in [0, 0.1) is 5.92 Å². The second kappa shape index (κ2) is 6.33. The minimum Gasteiger partial charge on any atom is -0.478 e. The number of nitrogens with one attached hydrogen (secondary N) is 1. The Bertz CT molecular complexity index is 444. The Morgan fingerprint density at radius 2 is 1.84 bits per heavy atom. The van der Waals surface area contributed by atoms with Gasteiger partial charge in [0.15, 0.2) is 0 Å². The summed E-state index contributed by atoms with van der Waals surface area (Å²) in [5.41, 5.74) is -1.23. The van der Waals surface area contributed by atoms with Gasteiger partial charge in [0.25, 0.3) is 0 Å². The number of benzene rings is 1. The molecule has 19 heavy (non-hydrogen) atoms. The van der Waals surface area contributed by atoms with Crippen molar-refractivity contribution in [2.24, 2.45) is 5.92 Å². The van der Waals surface area contributed by atoms with E-state index in [-0.39, 0.29) is 6.42 Å². The molecule has 0 unspecified atom stereocenters. The SMILES string of the molecule is CC(C)[C@](O)(NC(=O)CCc1ccccc1)C(=O)O. The van der Waals surface area contributed by atoms with E-state index in [0.29, 0.717) is 6.42 Å². The molecule has 0 aliphatic carbocycles. The van der Waals surface area contributed by atoms with Crippen LogP contribution in [0.2, 0.25) is 0 Å². The van der Waals surface area contributed by atoms with Gasteiger partial charge in [-0.3, -0.25) is 4.79 Å². The topological polar surface area (TPSA) is 86.6 Å². The van der Waals surface area contributed by atoms with E-state index in [9.17, 15) is 14.7 Å². The number of carboxylic acids is 1. The number of carboxylic acid groups (broad SMARTS) is 1. The molecule has 104 valence electrons. The summed E-state index contributed by atoms with van der Waals surface area (Å²) in [6, 6.07) is 9.40. The fraction of sp³-hybridized carbons (Fsp3) is 0.429. The van der Waals surface area contributed by atoms with Gasteiger partial charge in [-0.25, -0.2) is 4.79 Å². The number of aryl methyl sites for hydroxylation is 1. The van der Waals surface area contributed by atoms with Gasteiger partial charge in [0.05, 0.1) is 0 Å². The standard InChI is InChI=1S/C14H19NO4/c1-10(2)14(19,13(17)18)15-12(16)9-8-11-6-4-3-5-7-11/h3-7,10,19H,8-9H2,1-2H3,(H,15,16)(H,17,18)/t14-/m1/s1. The molecule has 0 aliphatic heterocycles. The first-order valence-electron chi connectivity index (χ1n) is 6.17. The molecular formula is C14H19NO4. The van der Waals surface area contributed by atoms with Crippen LogP contribution >= 0.6 is 0 Å². The molecule has 0 saturated heterocycles. The number of carbonyl (C=O) groups is 2. The number of hydrogen-bond donors (Lipinski definition) is 3. The van der Waals surface area contributed by atoms with Crippen molar-refractivity contribution in [1.29, 1.82) is 0 Å². The molecule has 0 aromatic heterocycles. The Morgan fingerprint density at radius 1 is 1.26 bits per heavy atom. The third-order valence-electron chi connectivity index (χ3n) is 2.98. The van der Waals surface area contributed by atoms with Crippen LogP contribution in [0.5, 0.6) is 0 Å². The first-order valence-corrected chi connectivity index (χ1v) is 6.17. The monoisotopic (exact) mass is 265 g/mol. The van der Waals surface area contributed by atoms with E-state index in [4.69, 9.17) is 5.11 Å². The smallest absolute Gasteiger partial charge is 0.357 e. The van der Waals surface area contributed by atoms with Crippen LogP contribution in [0.25, 0.3) is 0 Å². The molecule has 0 aliphatic rings. The highest BCUT2D eigenvalue weighted by Crippen LogP contribution is 2.14. The van der Waals surface area contributed by atoms with E-state index in [1.54, 1.807) is 0 Å². The first kappa shape index (κ1) is 15.2. The Kier molecular flexibility index (Phi) is 5.06. The van der Waals surface area contributed by atoms with E-state index in [0.717, 1.165) is 5.56 Å². The van der Waals surface area contributed by atoms with E-state index >= 15 is 0 Å². The lowest BCUT2D eigenvalue weighted by Crippen LogP contribution is -2.58. The van der Waals surface area contributed by atoms with Gasteiger partial charge in [-0.15, -0.1) is 0 Å². The van der Waals surface area contributed by atoms with Crippen molar-refractivity contribution < 1.29 is 19.8 Å². The molecule has 1 aromatic carbocycles. The Balaban J connectivity index is 2.57. The third-order valence-corrected chi connectivity index (χ3v) is 2.98. The molecule has 1 atom stereocenters. The summed E-state index contributed by atoms with van der Waals surface area (Å²) < 4.78 is 0. The average Bonchev–Trinajstić information content (AvgIpc) is 2.37. The minimum atomic E-state index is -2.21. The molecule has 5 nitrogen and oxygen atoms in total. The molecule has 5 heteroatoms. The normalized spacial score (nSPS) is 13.9. The molecule has 0 fully saturated rings. The van der Waals surface area contributed by atoms with Gasteiger partial charge >= 0.3 is 5.97 Å². The van der Waals surface area contributed by atoms with Crippen molar-refractivity contribution in [3.63, 3.8) is 0 Å². The largest absolute Gasteiger partial charge is 0.478 e. The highest BCUT2D eigenvalue weighted by molar-refractivity contribution is 5.85. The lowest BCUT2D eigenvalue weighted by atomic mass is 9.99. The van der Waals surface area contributed by atoms with E-state index in [1.807, 2.05) is 30.3 Å². The van der Waals surface area contributed by atoms with Crippen LogP contribution in [-0.4, -0.2) is 27.8 Å². The van der Waals surface area contributed by atoms with Crippen LogP contribution < -0.4 is 5.32 Å². The van der Waals surface area contributed by atoms with E-state index < -0.39 is 23.5 Å². The summed E-state index contributed by atoms with van der Waals surface area (Å²) in [5.74, 6) is -2.55. The quantitative estimate of drug-likeness (QED) is 0.674. The zero-order valence-electron chi connectivity index (χ0n) is 11.1. The fourth-order valence-corrected chi connectivity index (χ4v) is 1.62. The highest BCUT2D eigenvalue weighted by Gasteiger charge is 2.40. The van der Waals surface area contributed by atoms with Crippen molar-refractivity contribution >= 4 is 11.9 Å². The second-order valence-corrected chi connectivity index (χ2v) is 4.76. The van der Waals surface area contributed by atoms with Crippen molar-refractivity contribution in [1.82, 2.24) is 5.32 Å². The van der Waals surface area contributed by atoms with Gasteiger partial charge in [0, 0.05) is 12.3 Å². The Hall–Kier alpha value is -1.88. The predicted octanol–water partition coefficient (Wildman–Crippen LogP) is 1.16. The van der Waals surface area contributed by atoms with Crippen molar-refractivity contribution in [2.45, 2.75) is 32.4 Å². The molecule has 3 N–H and O–H groups in total. The van der Waals surface area contributed by atoms with E-state index in [1.165, 1.54) is 13.8 Å². The number of aliphatic hydroxyl groups is 1. The zero-order valence-corrected chi connectivity index (χ0v) is 11.1. The summed E-state index contributed by atoms with van der Waals surface area (Å²) in [6.07, 6.45) is 0.632. The molecule has 1 rings (SSSR count). The number of aliphatic carboxylic acids is 1. The van der Waals surface area contributed by atoms with Crippen LogP contribution in [0.15, 0.2) is 30.3 Å². The molecule has 0 heterocycles. The number of carbonyl (C=O) groups excluding carboxylic acids is 1. The second-order valence-electron chi connectivity index (χ2n) is 4.76. The summed E-state index contributed by atoms with van der Waals surface area (Å²) >= 11 is 0. The molecule has 0 radical (unpaired) electrons. The van der Waals surface area contributed by atoms with E-state index in [2.05, 4.69) is 5.32 Å². The van der Waals surface area contributed by atoms with Gasteiger partial charge in [-0.05, 0) is 12.0 Å². The summed E-state index contributed by atoms with van der Waals surface area (Å²) in [4.78, 5) is 22.7. The predicted molar refractivity (Wildman–Crippen MR) is 70.3 cm³/mol. The van der Waals surface area contributed by atoms with Crippen LogP contribution in [0.1, 0.15) is 25.8 Å². The summed E-state index contributed by atoms with van der Waals surface area (Å²) in [5, 5.41) is 21.1. The van der Waals surface area contributed by atoms with Gasteiger partial charge in [0.1, 0.15) is 0 Å². The molecule has 0 bridgehead atoms. The van der Waals surface area contributed by atoms with Gasteiger partial charge in [-0.2, -0.15) is 0 Å². The van der Waals surface area contributed by atoms with Gasteiger partial charge in [0.2, 0.25) is 11.6 Å². The lowest BCUT2D eigenvalue weighted by molar-refractivity contribution is -0.171. The van der Waals surface area contributed by atoms with Crippen LogP contribution in [0.4, 0.5) is 0 Å². The van der Waals surface area contributed by atoms with Crippen LogP contribution in [-0.2, 0) is 16.0 Å². The molecule has 0 saturated carbocycles. The number of rotatable bonds is 6. The van der Waals surface area contributed by atoms with Crippen molar-refractivity contribution in [3.05, 3.63) is 35.9 Å². The Morgan fingerprint density at radius 3 is 2.32 bits per heavy atom. The molecular weight excluding hydrogens is 246 g/mol.